The zero-order valence-corrected chi connectivity index (χ0v) is 15.2. The van der Waals surface area contributed by atoms with Crippen molar-refractivity contribution in [1.29, 1.82) is 0 Å². The highest BCUT2D eigenvalue weighted by molar-refractivity contribution is 7.99. The fraction of sp³-hybridized carbons (Fsp3) is 0.278. The lowest BCUT2D eigenvalue weighted by Crippen LogP contribution is -2.27. The Labute approximate surface area is 151 Å². The Morgan fingerprint density at radius 3 is 2.48 bits per heavy atom. The molecular formula is C18H20ClNOS2. The molecule has 0 atom stereocenters. The molecule has 0 heterocycles. The molecule has 0 saturated carbocycles. The summed E-state index contributed by atoms with van der Waals surface area (Å²) in [5.74, 6) is 3.22. The van der Waals surface area contributed by atoms with Crippen LogP contribution in [0.1, 0.15) is 11.1 Å². The first kappa shape index (κ1) is 18.2. The molecule has 0 unspecified atom stereocenters. The summed E-state index contributed by atoms with van der Waals surface area (Å²) in [5, 5.41) is 3.72. The topological polar surface area (TPSA) is 29.1 Å². The van der Waals surface area contributed by atoms with E-state index in [0.29, 0.717) is 12.3 Å². The third-order valence-corrected chi connectivity index (χ3v) is 5.51. The average Bonchev–Trinajstić information content (AvgIpc) is 2.57. The van der Waals surface area contributed by atoms with Crippen molar-refractivity contribution < 1.29 is 4.79 Å². The molecule has 2 rings (SSSR count). The molecule has 0 aliphatic rings. The third-order valence-electron chi connectivity index (χ3n) is 3.13. The van der Waals surface area contributed by atoms with Crippen molar-refractivity contribution in [3.63, 3.8) is 0 Å². The summed E-state index contributed by atoms with van der Waals surface area (Å²) in [5.41, 5.74) is 2.39. The number of carbonyl (C=O) groups excluding carboxylic acids is 1. The molecule has 0 radical (unpaired) electrons. The van der Waals surface area contributed by atoms with Crippen LogP contribution in [-0.4, -0.2) is 24.0 Å². The molecule has 0 fully saturated rings. The third kappa shape index (κ3) is 7.34. The van der Waals surface area contributed by atoms with Gasteiger partial charge in [0.05, 0.1) is 5.75 Å². The Morgan fingerprint density at radius 1 is 0.957 bits per heavy atom. The van der Waals surface area contributed by atoms with Crippen molar-refractivity contribution in [3.8, 4) is 0 Å². The van der Waals surface area contributed by atoms with E-state index in [1.54, 1.807) is 11.8 Å². The number of hydrogen-bond donors (Lipinski definition) is 1. The van der Waals surface area contributed by atoms with Crippen LogP contribution in [0.4, 0.5) is 0 Å². The van der Waals surface area contributed by atoms with Gasteiger partial charge in [0.2, 0.25) is 5.91 Å². The predicted molar refractivity (Wildman–Crippen MR) is 103 cm³/mol. The molecule has 0 aliphatic carbocycles. The maximum Gasteiger partial charge on any atom is 0.230 e. The van der Waals surface area contributed by atoms with Gasteiger partial charge in [-0.3, -0.25) is 4.79 Å². The number of rotatable bonds is 9. The minimum absolute atomic E-state index is 0.0855. The van der Waals surface area contributed by atoms with Crippen LogP contribution in [0.2, 0.25) is 5.02 Å². The highest BCUT2D eigenvalue weighted by Crippen LogP contribution is 2.20. The lowest BCUT2D eigenvalue weighted by Gasteiger charge is -2.06. The minimum Gasteiger partial charge on any atom is -0.355 e. The highest BCUT2D eigenvalue weighted by atomic mass is 35.5. The van der Waals surface area contributed by atoms with Gasteiger partial charge in [0.1, 0.15) is 0 Å². The highest BCUT2D eigenvalue weighted by Gasteiger charge is 2.03. The van der Waals surface area contributed by atoms with Gasteiger partial charge >= 0.3 is 0 Å². The van der Waals surface area contributed by atoms with Crippen LogP contribution in [-0.2, 0) is 16.3 Å². The predicted octanol–water partition coefficient (Wildman–Crippen LogP) is 4.62. The van der Waals surface area contributed by atoms with Crippen molar-refractivity contribution in [2.75, 3.05) is 18.1 Å². The molecule has 0 spiro atoms. The maximum absolute atomic E-state index is 11.8. The number of carbonyl (C=O) groups is 1. The summed E-state index contributed by atoms with van der Waals surface area (Å²) in [6.45, 7) is 0.711. The Morgan fingerprint density at radius 2 is 1.70 bits per heavy atom. The van der Waals surface area contributed by atoms with E-state index >= 15 is 0 Å². The van der Waals surface area contributed by atoms with Gasteiger partial charge in [-0.2, -0.15) is 11.8 Å². The van der Waals surface area contributed by atoms with E-state index in [-0.39, 0.29) is 5.91 Å². The summed E-state index contributed by atoms with van der Waals surface area (Å²) >= 11 is 9.51. The zero-order chi connectivity index (χ0) is 16.3. The molecule has 2 aromatic rings. The van der Waals surface area contributed by atoms with Gasteiger partial charge < -0.3 is 5.32 Å². The quantitative estimate of drug-likeness (QED) is 0.657. The van der Waals surface area contributed by atoms with Crippen molar-refractivity contribution in [2.45, 2.75) is 11.5 Å². The number of halogens is 1. The first-order valence-corrected chi connectivity index (χ1v) is 10.1. The summed E-state index contributed by atoms with van der Waals surface area (Å²) in [4.78, 5) is 11.8. The van der Waals surface area contributed by atoms with Gasteiger partial charge in [-0.1, -0.05) is 60.1 Å². The molecule has 0 bridgehead atoms. The van der Waals surface area contributed by atoms with Gasteiger partial charge in [-0.15, -0.1) is 11.8 Å². The minimum atomic E-state index is 0.0855. The van der Waals surface area contributed by atoms with Crippen LogP contribution in [0.3, 0.4) is 0 Å². The lowest BCUT2D eigenvalue weighted by molar-refractivity contribution is -0.118. The van der Waals surface area contributed by atoms with Gasteiger partial charge in [-0.25, -0.2) is 0 Å². The molecule has 1 N–H and O–H groups in total. The number of benzene rings is 2. The summed E-state index contributed by atoms with van der Waals surface area (Å²) in [6, 6.07) is 18.1. The molecule has 23 heavy (non-hydrogen) atoms. The van der Waals surface area contributed by atoms with Crippen molar-refractivity contribution in [3.05, 3.63) is 70.7 Å². The van der Waals surface area contributed by atoms with Crippen LogP contribution in [0.15, 0.2) is 54.6 Å². The zero-order valence-electron chi connectivity index (χ0n) is 12.8. The van der Waals surface area contributed by atoms with Gasteiger partial charge in [-0.05, 0) is 17.2 Å². The number of thioether (sulfide) groups is 2. The SMILES string of the molecule is O=C(CSCc1ccccc1Cl)NCCSCc1ccccc1. The van der Waals surface area contributed by atoms with Crippen LogP contribution < -0.4 is 5.32 Å². The first-order chi connectivity index (χ1) is 11.3. The smallest absolute Gasteiger partial charge is 0.230 e. The Kier molecular flexibility index (Phi) is 8.43. The van der Waals surface area contributed by atoms with Crippen molar-refractivity contribution in [2.24, 2.45) is 0 Å². The number of nitrogens with one attached hydrogen (secondary N) is 1. The van der Waals surface area contributed by atoms with E-state index in [0.717, 1.165) is 27.8 Å². The van der Waals surface area contributed by atoms with E-state index < -0.39 is 0 Å². The van der Waals surface area contributed by atoms with E-state index in [4.69, 9.17) is 11.6 Å². The summed E-state index contributed by atoms with van der Waals surface area (Å²) in [6.07, 6.45) is 0. The Hall–Kier alpha value is -1.10. The molecule has 2 nitrogen and oxygen atoms in total. The average molecular weight is 366 g/mol. The first-order valence-electron chi connectivity index (χ1n) is 7.45. The van der Waals surface area contributed by atoms with Crippen molar-refractivity contribution >= 4 is 41.0 Å². The normalized spacial score (nSPS) is 10.5. The molecule has 2 aromatic carbocycles. The van der Waals surface area contributed by atoms with E-state index in [2.05, 4.69) is 17.4 Å². The summed E-state index contributed by atoms with van der Waals surface area (Å²) < 4.78 is 0. The van der Waals surface area contributed by atoms with Gasteiger partial charge in [0, 0.05) is 28.8 Å². The van der Waals surface area contributed by atoms with Crippen LogP contribution in [0.25, 0.3) is 0 Å². The standard InChI is InChI=1S/C18H20ClNOS2/c19-17-9-5-4-8-16(17)13-23-14-18(21)20-10-11-22-12-15-6-2-1-3-7-15/h1-9H,10-14H2,(H,20,21). The van der Waals surface area contributed by atoms with Gasteiger partial charge in [0.15, 0.2) is 0 Å². The fourth-order valence-electron chi connectivity index (χ4n) is 1.95. The van der Waals surface area contributed by atoms with Crippen LogP contribution in [0, 0.1) is 0 Å². The molecular weight excluding hydrogens is 346 g/mol. The molecule has 0 aromatic heterocycles. The second kappa shape index (κ2) is 10.6. The van der Waals surface area contributed by atoms with Gasteiger partial charge in [0.25, 0.3) is 0 Å². The monoisotopic (exact) mass is 365 g/mol. The van der Waals surface area contributed by atoms with Crippen LogP contribution in [0.5, 0.6) is 0 Å². The molecule has 122 valence electrons. The Bertz CT molecular complexity index is 607. The van der Waals surface area contributed by atoms with E-state index in [9.17, 15) is 4.79 Å². The molecule has 1 amide bonds. The lowest BCUT2D eigenvalue weighted by atomic mass is 10.2. The van der Waals surface area contributed by atoms with E-state index in [1.807, 2.05) is 54.2 Å². The largest absolute Gasteiger partial charge is 0.355 e. The molecule has 0 saturated heterocycles. The van der Waals surface area contributed by atoms with Crippen molar-refractivity contribution in [1.82, 2.24) is 5.32 Å². The molecule has 0 aliphatic heterocycles. The fourth-order valence-corrected chi connectivity index (χ4v) is 3.91. The molecule has 5 heteroatoms. The second-order valence-electron chi connectivity index (χ2n) is 4.97. The van der Waals surface area contributed by atoms with Crippen LogP contribution >= 0.6 is 35.1 Å². The number of amides is 1. The maximum atomic E-state index is 11.8. The number of hydrogen-bond acceptors (Lipinski definition) is 3. The Balaban J connectivity index is 1.53. The van der Waals surface area contributed by atoms with E-state index in [1.165, 1.54) is 5.56 Å². The summed E-state index contributed by atoms with van der Waals surface area (Å²) in [7, 11) is 0. The second-order valence-corrected chi connectivity index (χ2v) is 7.47.